The van der Waals surface area contributed by atoms with Crippen LogP contribution in [0.5, 0.6) is 5.75 Å². The molecular weight excluding hydrogens is 388 g/mol. The van der Waals surface area contributed by atoms with E-state index >= 15 is 0 Å². The lowest BCUT2D eigenvalue weighted by atomic mass is 10.1. The lowest BCUT2D eigenvalue weighted by Gasteiger charge is -2.11. The quantitative estimate of drug-likeness (QED) is 0.447. The molecular formula is C25H22N4O2. The van der Waals surface area contributed by atoms with E-state index in [1.165, 1.54) is 0 Å². The Morgan fingerprint density at radius 3 is 2.42 bits per heavy atom. The van der Waals surface area contributed by atoms with Crippen molar-refractivity contribution < 1.29 is 9.53 Å². The topological polar surface area (TPSA) is 76.1 Å². The predicted octanol–water partition coefficient (Wildman–Crippen LogP) is 5.04. The van der Waals surface area contributed by atoms with Gasteiger partial charge in [0.05, 0.1) is 0 Å². The maximum atomic E-state index is 12.1. The van der Waals surface area contributed by atoms with Crippen molar-refractivity contribution in [2.24, 2.45) is 0 Å². The third-order valence-corrected chi connectivity index (χ3v) is 4.60. The normalized spacial score (nSPS) is 10.3. The van der Waals surface area contributed by atoms with Crippen molar-refractivity contribution in [2.75, 3.05) is 5.32 Å². The lowest BCUT2D eigenvalue weighted by Crippen LogP contribution is -2.28. The van der Waals surface area contributed by atoms with Crippen molar-refractivity contribution >= 4 is 11.7 Å². The second-order valence-corrected chi connectivity index (χ2v) is 6.87. The zero-order valence-electron chi connectivity index (χ0n) is 16.9. The first kappa shape index (κ1) is 20.1. The highest BCUT2D eigenvalue weighted by atomic mass is 16.5. The number of hydrogen-bond donors (Lipinski definition) is 2. The van der Waals surface area contributed by atoms with Crippen LogP contribution in [-0.2, 0) is 13.2 Å². The number of carbonyl (C=O) groups is 1. The van der Waals surface area contributed by atoms with Crippen LogP contribution in [0.2, 0.25) is 0 Å². The zero-order chi connectivity index (χ0) is 21.3. The number of rotatable bonds is 7. The number of nitrogens with zero attached hydrogens (tertiary/aromatic N) is 2. The fourth-order valence-corrected chi connectivity index (χ4v) is 3.03. The molecule has 0 saturated heterocycles. The Morgan fingerprint density at radius 2 is 1.65 bits per heavy atom. The molecule has 2 aromatic carbocycles. The number of anilines is 1. The number of aromatic nitrogens is 2. The Labute approximate surface area is 181 Å². The van der Waals surface area contributed by atoms with E-state index in [-0.39, 0.29) is 6.03 Å². The van der Waals surface area contributed by atoms with Crippen LogP contribution in [0.1, 0.15) is 11.1 Å². The monoisotopic (exact) mass is 410 g/mol. The average molecular weight is 410 g/mol. The van der Waals surface area contributed by atoms with Crippen molar-refractivity contribution in [2.45, 2.75) is 13.2 Å². The molecule has 4 aromatic rings. The maximum Gasteiger partial charge on any atom is 0.319 e. The minimum absolute atomic E-state index is 0.268. The van der Waals surface area contributed by atoms with Crippen LogP contribution in [0.4, 0.5) is 10.5 Å². The molecule has 31 heavy (non-hydrogen) atoms. The van der Waals surface area contributed by atoms with Gasteiger partial charge in [0.1, 0.15) is 18.1 Å². The van der Waals surface area contributed by atoms with Gasteiger partial charge in [0.2, 0.25) is 0 Å². The Hall–Kier alpha value is -4.19. The first-order valence-electron chi connectivity index (χ1n) is 9.94. The second-order valence-electron chi connectivity index (χ2n) is 6.87. The number of carbonyl (C=O) groups excluding carboxylic acids is 1. The SMILES string of the molecule is O=C(NCc1cccnc1)Nc1ccc(COc2cccnc2-c2ccccc2)cc1. The van der Waals surface area contributed by atoms with Gasteiger partial charge in [0.25, 0.3) is 0 Å². The molecule has 0 spiro atoms. The smallest absolute Gasteiger partial charge is 0.319 e. The molecule has 2 N–H and O–H groups in total. The van der Waals surface area contributed by atoms with E-state index in [2.05, 4.69) is 20.6 Å². The number of hydrogen-bond acceptors (Lipinski definition) is 4. The maximum absolute atomic E-state index is 12.1. The molecule has 0 aliphatic rings. The molecule has 0 saturated carbocycles. The number of benzene rings is 2. The molecule has 0 unspecified atom stereocenters. The van der Waals surface area contributed by atoms with Gasteiger partial charge < -0.3 is 15.4 Å². The predicted molar refractivity (Wildman–Crippen MR) is 121 cm³/mol. The highest BCUT2D eigenvalue weighted by molar-refractivity contribution is 5.89. The molecule has 6 nitrogen and oxygen atoms in total. The number of amides is 2. The zero-order valence-corrected chi connectivity index (χ0v) is 16.9. The van der Waals surface area contributed by atoms with Gasteiger partial charge in [-0.15, -0.1) is 0 Å². The average Bonchev–Trinajstić information content (AvgIpc) is 2.84. The van der Waals surface area contributed by atoms with E-state index in [0.29, 0.717) is 18.8 Å². The summed E-state index contributed by atoms with van der Waals surface area (Å²) in [4.78, 5) is 20.6. The summed E-state index contributed by atoms with van der Waals surface area (Å²) >= 11 is 0. The Morgan fingerprint density at radius 1 is 0.839 bits per heavy atom. The van der Waals surface area contributed by atoms with Crippen LogP contribution < -0.4 is 15.4 Å². The van der Waals surface area contributed by atoms with Crippen molar-refractivity contribution in [3.05, 3.63) is 109 Å². The van der Waals surface area contributed by atoms with Gasteiger partial charge in [0, 0.05) is 36.4 Å². The molecule has 0 aliphatic carbocycles. The minimum atomic E-state index is -0.268. The van der Waals surface area contributed by atoms with Gasteiger partial charge in [0.15, 0.2) is 0 Å². The van der Waals surface area contributed by atoms with Crippen molar-refractivity contribution in [3.8, 4) is 17.0 Å². The van der Waals surface area contributed by atoms with Crippen LogP contribution in [0, 0.1) is 0 Å². The third kappa shape index (κ3) is 5.67. The molecule has 2 heterocycles. The van der Waals surface area contributed by atoms with E-state index in [1.807, 2.05) is 78.9 Å². The summed E-state index contributed by atoms with van der Waals surface area (Å²) in [6.07, 6.45) is 5.18. The van der Waals surface area contributed by atoms with Gasteiger partial charge in [-0.2, -0.15) is 0 Å². The summed E-state index contributed by atoms with van der Waals surface area (Å²) in [7, 11) is 0. The summed E-state index contributed by atoms with van der Waals surface area (Å²) in [6.45, 7) is 0.819. The van der Waals surface area contributed by atoms with Gasteiger partial charge in [-0.25, -0.2) is 4.79 Å². The number of ether oxygens (including phenoxy) is 1. The highest BCUT2D eigenvalue weighted by Crippen LogP contribution is 2.27. The van der Waals surface area contributed by atoms with Crippen molar-refractivity contribution in [1.82, 2.24) is 15.3 Å². The third-order valence-electron chi connectivity index (χ3n) is 4.60. The van der Waals surface area contributed by atoms with Crippen molar-refractivity contribution in [1.29, 1.82) is 0 Å². The summed E-state index contributed by atoms with van der Waals surface area (Å²) in [5.41, 5.74) is 4.46. The van der Waals surface area contributed by atoms with Crippen LogP contribution in [0.25, 0.3) is 11.3 Å². The molecule has 0 fully saturated rings. The standard InChI is InChI=1S/C25H22N4O2/c30-25(28-17-20-6-4-14-26-16-20)29-22-12-10-19(11-13-22)18-31-23-9-5-15-27-24(23)21-7-2-1-3-8-21/h1-16H,17-18H2,(H2,28,29,30). The fourth-order valence-electron chi connectivity index (χ4n) is 3.03. The van der Waals surface area contributed by atoms with Crippen LogP contribution >= 0.6 is 0 Å². The Kier molecular flexibility index (Phi) is 6.50. The molecule has 2 amide bonds. The highest BCUT2D eigenvalue weighted by Gasteiger charge is 2.08. The summed E-state index contributed by atoms with van der Waals surface area (Å²) in [5, 5.41) is 5.63. The number of urea groups is 1. The number of nitrogens with one attached hydrogen (secondary N) is 2. The molecule has 154 valence electrons. The molecule has 0 aliphatic heterocycles. The van der Waals surface area contributed by atoms with Gasteiger partial charge >= 0.3 is 6.03 Å². The molecule has 0 atom stereocenters. The summed E-state index contributed by atoms with van der Waals surface area (Å²) in [5.74, 6) is 0.727. The van der Waals surface area contributed by atoms with E-state index in [9.17, 15) is 4.79 Å². The minimum Gasteiger partial charge on any atom is -0.487 e. The summed E-state index contributed by atoms with van der Waals surface area (Å²) in [6, 6.07) is 24.8. The van der Waals surface area contributed by atoms with Crippen LogP contribution in [-0.4, -0.2) is 16.0 Å². The first-order valence-corrected chi connectivity index (χ1v) is 9.94. The van der Waals surface area contributed by atoms with Crippen LogP contribution in [0.3, 0.4) is 0 Å². The van der Waals surface area contributed by atoms with Gasteiger partial charge in [-0.1, -0.05) is 48.5 Å². The molecule has 0 radical (unpaired) electrons. The van der Waals surface area contributed by atoms with Crippen molar-refractivity contribution in [3.63, 3.8) is 0 Å². The molecule has 4 rings (SSSR count). The second kappa shape index (κ2) is 10.0. The fraction of sp³-hybridized carbons (Fsp3) is 0.0800. The first-order chi connectivity index (χ1) is 15.3. The Bertz CT molecular complexity index is 1120. The van der Waals surface area contributed by atoms with Gasteiger partial charge in [-0.05, 0) is 41.5 Å². The largest absolute Gasteiger partial charge is 0.487 e. The van der Waals surface area contributed by atoms with E-state index in [4.69, 9.17) is 4.74 Å². The number of pyridine rings is 2. The summed E-state index contributed by atoms with van der Waals surface area (Å²) < 4.78 is 6.02. The van der Waals surface area contributed by atoms with Crippen LogP contribution in [0.15, 0.2) is 97.5 Å². The molecule has 0 bridgehead atoms. The lowest BCUT2D eigenvalue weighted by molar-refractivity contribution is 0.251. The van der Waals surface area contributed by atoms with E-state index in [1.54, 1.807) is 18.6 Å². The molecule has 2 aromatic heterocycles. The Balaban J connectivity index is 1.32. The molecule has 6 heteroatoms. The van der Waals surface area contributed by atoms with E-state index < -0.39 is 0 Å². The van der Waals surface area contributed by atoms with E-state index in [0.717, 1.165) is 28.1 Å². The van der Waals surface area contributed by atoms with Gasteiger partial charge in [-0.3, -0.25) is 9.97 Å².